The summed E-state index contributed by atoms with van der Waals surface area (Å²) in [6.45, 7) is 7.00. The van der Waals surface area contributed by atoms with Gasteiger partial charge < -0.3 is 20.7 Å². The molecule has 0 atom stereocenters. The summed E-state index contributed by atoms with van der Waals surface area (Å²) < 4.78 is 46.0. The molecule has 0 unspecified atom stereocenters. The first-order valence-corrected chi connectivity index (χ1v) is 11.9. The Kier molecular flexibility index (Phi) is 6.92. The van der Waals surface area contributed by atoms with Gasteiger partial charge in [-0.25, -0.2) is 4.98 Å². The molecule has 3 N–H and O–H groups in total. The summed E-state index contributed by atoms with van der Waals surface area (Å²) in [5.74, 6) is 0.221. The van der Waals surface area contributed by atoms with Crippen molar-refractivity contribution in [3.8, 4) is 11.4 Å². The van der Waals surface area contributed by atoms with Crippen LogP contribution in [0.15, 0.2) is 12.1 Å². The monoisotopic (exact) mass is 495 g/mol. The first kappa shape index (κ1) is 24.6. The van der Waals surface area contributed by atoms with Gasteiger partial charge in [-0.1, -0.05) is 0 Å². The van der Waals surface area contributed by atoms with Crippen LogP contribution < -0.4 is 16.0 Å². The number of piperidine rings is 1. The topological polar surface area (TPSA) is 102 Å². The van der Waals surface area contributed by atoms with E-state index in [9.17, 15) is 13.2 Å². The van der Waals surface area contributed by atoms with Gasteiger partial charge in [0, 0.05) is 31.7 Å². The molecule has 8 nitrogen and oxygen atoms in total. The van der Waals surface area contributed by atoms with Gasteiger partial charge in [0.25, 0.3) is 0 Å². The van der Waals surface area contributed by atoms with Gasteiger partial charge >= 0.3 is 6.18 Å². The van der Waals surface area contributed by atoms with Gasteiger partial charge in [0.15, 0.2) is 5.82 Å². The largest absolute Gasteiger partial charge is 0.391 e. The van der Waals surface area contributed by atoms with Gasteiger partial charge in [0.2, 0.25) is 11.9 Å². The van der Waals surface area contributed by atoms with Crippen LogP contribution in [0.3, 0.4) is 0 Å². The number of anilines is 2. The number of morpholine rings is 1. The minimum Gasteiger partial charge on any atom is -0.378 e. The van der Waals surface area contributed by atoms with E-state index in [-0.39, 0.29) is 32.1 Å². The van der Waals surface area contributed by atoms with Crippen LogP contribution in [0.1, 0.15) is 23.4 Å². The number of alkyl halides is 3. The number of aromatic nitrogens is 4. The zero-order valence-corrected chi connectivity index (χ0v) is 20.0. The molecule has 2 aliphatic rings. The lowest BCUT2D eigenvalue weighted by molar-refractivity contribution is -0.179. The van der Waals surface area contributed by atoms with Gasteiger partial charge in [-0.3, -0.25) is 0 Å². The molecule has 184 valence electrons. The van der Waals surface area contributed by atoms with Crippen molar-refractivity contribution in [3.05, 3.63) is 22.7 Å². The van der Waals surface area contributed by atoms with Crippen LogP contribution >= 0.6 is 11.3 Å². The number of nitrogens with zero attached hydrogens (tertiary/aromatic N) is 6. The van der Waals surface area contributed by atoms with Crippen molar-refractivity contribution >= 4 is 33.5 Å². The number of halogens is 3. The van der Waals surface area contributed by atoms with Crippen LogP contribution in [0.25, 0.3) is 21.6 Å². The standard InChI is InChI=1S/C22H25F3N6OS.H3N/c1-13-11-15(12-17-18(13)26-14(2)33-17)19-27-20(29-21(28-19)31-7-9-32-10-8-31)30-5-3-16(4-6-30)22(23,24)25;/h11-12,16H,3-10H2,1-2H3;1H3. The zero-order chi connectivity index (χ0) is 23.2. The van der Waals surface area contributed by atoms with Crippen LogP contribution in [-0.2, 0) is 4.74 Å². The van der Waals surface area contributed by atoms with Gasteiger partial charge in [0.1, 0.15) is 0 Å². The second-order valence-corrected chi connectivity index (χ2v) is 9.77. The Morgan fingerprint density at radius 1 is 0.912 bits per heavy atom. The lowest BCUT2D eigenvalue weighted by Gasteiger charge is -2.33. The zero-order valence-electron chi connectivity index (χ0n) is 19.2. The third-order valence-electron chi connectivity index (χ3n) is 6.20. The van der Waals surface area contributed by atoms with Crippen LogP contribution in [0.4, 0.5) is 25.1 Å². The van der Waals surface area contributed by atoms with E-state index < -0.39 is 12.1 Å². The van der Waals surface area contributed by atoms with Crippen molar-refractivity contribution in [1.82, 2.24) is 26.1 Å². The van der Waals surface area contributed by atoms with Crippen LogP contribution in [0.5, 0.6) is 0 Å². The van der Waals surface area contributed by atoms with E-state index >= 15 is 0 Å². The highest BCUT2D eigenvalue weighted by Gasteiger charge is 2.41. The van der Waals surface area contributed by atoms with E-state index in [0.29, 0.717) is 44.0 Å². The van der Waals surface area contributed by atoms with Crippen molar-refractivity contribution in [2.75, 3.05) is 49.2 Å². The number of benzene rings is 1. The Labute approximate surface area is 199 Å². The third kappa shape index (κ3) is 4.93. The van der Waals surface area contributed by atoms with Crippen molar-refractivity contribution in [3.63, 3.8) is 0 Å². The van der Waals surface area contributed by atoms with E-state index in [4.69, 9.17) is 14.7 Å². The fraction of sp³-hybridized carbons (Fsp3) is 0.545. The molecule has 2 aliphatic heterocycles. The maximum atomic E-state index is 13.1. The Hall–Kier alpha value is -2.57. The highest BCUT2D eigenvalue weighted by molar-refractivity contribution is 7.18. The molecule has 0 saturated carbocycles. The Morgan fingerprint density at radius 3 is 2.15 bits per heavy atom. The average molecular weight is 496 g/mol. The average Bonchev–Trinajstić information content (AvgIpc) is 3.20. The maximum absolute atomic E-state index is 13.1. The summed E-state index contributed by atoms with van der Waals surface area (Å²) in [6.07, 6.45) is -4.07. The molecular formula is C22H28F3N7OS. The molecule has 12 heteroatoms. The van der Waals surface area contributed by atoms with Crippen LogP contribution in [0.2, 0.25) is 0 Å². The van der Waals surface area contributed by atoms with Crippen molar-refractivity contribution in [1.29, 1.82) is 0 Å². The maximum Gasteiger partial charge on any atom is 0.391 e. The van der Waals surface area contributed by atoms with E-state index in [1.165, 1.54) is 0 Å². The number of rotatable bonds is 3. The molecule has 34 heavy (non-hydrogen) atoms. The minimum absolute atomic E-state index is 0. The molecule has 0 bridgehead atoms. The molecule has 1 aromatic carbocycles. The normalized spacial score (nSPS) is 17.8. The second-order valence-electron chi connectivity index (χ2n) is 8.53. The lowest BCUT2D eigenvalue weighted by Crippen LogP contribution is -2.41. The molecule has 0 radical (unpaired) electrons. The van der Waals surface area contributed by atoms with Gasteiger partial charge in [-0.15, -0.1) is 11.3 Å². The van der Waals surface area contributed by atoms with Crippen LogP contribution in [0, 0.1) is 19.8 Å². The van der Waals surface area contributed by atoms with Crippen LogP contribution in [-0.4, -0.2) is 65.5 Å². The molecule has 0 spiro atoms. The van der Waals surface area contributed by atoms with E-state index in [1.807, 2.05) is 35.8 Å². The highest BCUT2D eigenvalue weighted by Crippen LogP contribution is 2.36. The summed E-state index contributed by atoms with van der Waals surface area (Å²) in [5, 5.41) is 0.989. The molecule has 0 amide bonds. The Balaban J connectivity index is 0.00000274. The number of aryl methyl sites for hydroxylation is 2. The molecule has 5 rings (SSSR count). The number of fused-ring (bicyclic) bond motifs is 1. The van der Waals surface area contributed by atoms with Gasteiger partial charge in [0.05, 0.1) is 34.4 Å². The predicted octanol–water partition coefficient (Wildman–Crippen LogP) is 4.54. The first-order chi connectivity index (χ1) is 15.8. The minimum atomic E-state index is -4.16. The fourth-order valence-corrected chi connectivity index (χ4v) is 5.32. The quantitative estimate of drug-likeness (QED) is 0.565. The first-order valence-electron chi connectivity index (χ1n) is 11.1. The summed E-state index contributed by atoms with van der Waals surface area (Å²) in [4.78, 5) is 22.6. The molecular weight excluding hydrogens is 467 g/mol. The number of hydrogen-bond acceptors (Lipinski definition) is 9. The SMILES string of the molecule is Cc1nc2c(C)cc(-c3nc(N4CCOCC4)nc(N4CCC(C(F)(F)F)CC4)n3)cc2s1.N. The molecule has 0 aliphatic carbocycles. The number of thiazole rings is 1. The molecule has 4 heterocycles. The van der Waals surface area contributed by atoms with Gasteiger partial charge in [-0.2, -0.15) is 28.1 Å². The van der Waals surface area contributed by atoms with E-state index in [1.54, 1.807) is 11.3 Å². The molecule has 2 fully saturated rings. The molecule has 2 saturated heterocycles. The summed E-state index contributed by atoms with van der Waals surface area (Å²) >= 11 is 1.62. The summed E-state index contributed by atoms with van der Waals surface area (Å²) in [5.41, 5.74) is 2.86. The van der Waals surface area contributed by atoms with Crippen molar-refractivity contribution in [2.24, 2.45) is 5.92 Å². The highest BCUT2D eigenvalue weighted by atomic mass is 32.1. The number of ether oxygens (including phenoxy) is 1. The van der Waals surface area contributed by atoms with E-state index in [2.05, 4.69) is 9.97 Å². The summed E-state index contributed by atoms with van der Waals surface area (Å²) in [6, 6.07) is 4.05. The number of hydrogen-bond donors (Lipinski definition) is 1. The molecule has 3 aromatic rings. The second kappa shape index (κ2) is 9.59. The van der Waals surface area contributed by atoms with Crippen molar-refractivity contribution < 1.29 is 17.9 Å². The Morgan fingerprint density at radius 2 is 1.53 bits per heavy atom. The predicted molar refractivity (Wildman–Crippen MR) is 127 cm³/mol. The molecule has 2 aromatic heterocycles. The Bertz CT molecular complexity index is 1160. The van der Waals surface area contributed by atoms with Crippen molar-refractivity contribution in [2.45, 2.75) is 32.9 Å². The lowest BCUT2D eigenvalue weighted by atomic mass is 9.96. The smallest absolute Gasteiger partial charge is 0.378 e. The third-order valence-corrected chi connectivity index (χ3v) is 7.11. The fourth-order valence-electron chi connectivity index (χ4n) is 4.37. The van der Waals surface area contributed by atoms with Gasteiger partial charge in [-0.05, 0) is 44.4 Å². The van der Waals surface area contributed by atoms with E-state index in [0.717, 1.165) is 26.4 Å². The summed E-state index contributed by atoms with van der Waals surface area (Å²) in [7, 11) is 0.